The number of carbonyl (C=O) groups is 1. The van der Waals surface area contributed by atoms with Gasteiger partial charge in [-0.3, -0.25) is 4.98 Å². The zero-order valence-corrected chi connectivity index (χ0v) is 8.98. The summed E-state index contributed by atoms with van der Waals surface area (Å²) in [4.78, 5) is 15.7. The molecular weight excluding hydrogens is 218 g/mol. The Bertz CT molecular complexity index is 663. The van der Waals surface area contributed by atoms with Gasteiger partial charge in [-0.05, 0) is 36.3 Å². The summed E-state index contributed by atoms with van der Waals surface area (Å²) in [5, 5.41) is 0. The van der Waals surface area contributed by atoms with Crippen molar-refractivity contribution in [2.24, 2.45) is 0 Å². The van der Waals surface area contributed by atoms with Gasteiger partial charge in [0.25, 0.3) is 0 Å². The lowest BCUT2D eigenvalue weighted by Crippen LogP contribution is -2.08. The smallest absolute Gasteiger partial charge is 0.343 e. The van der Waals surface area contributed by atoms with Crippen molar-refractivity contribution in [2.45, 2.75) is 0 Å². The summed E-state index contributed by atoms with van der Waals surface area (Å²) in [6.45, 7) is 0. The number of rotatable bonds is 3. The summed E-state index contributed by atoms with van der Waals surface area (Å²) < 4.78 is 40.8. The minimum atomic E-state index is -0.789. The number of aromatic nitrogens is 1. The van der Waals surface area contributed by atoms with Crippen LogP contribution < -0.4 is 9.47 Å². The Kier molecular flexibility index (Phi) is 2.12. The Hall–Kier alpha value is -2.36. The van der Waals surface area contributed by atoms with Crippen molar-refractivity contribution in [3.63, 3.8) is 0 Å². The van der Waals surface area contributed by atoms with Crippen molar-refractivity contribution >= 4 is 5.97 Å². The molecular formula is C13H11NO3. The lowest BCUT2D eigenvalue weighted by atomic mass is 10.3. The second kappa shape index (κ2) is 5.12. The molecule has 0 atom stereocenters. The SMILES string of the molecule is [2H]c1c([2H])c(OC(=O)c2ccncc2)c([2H])c([2H])c1OC. The summed E-state index contributed by atoms with van der Waals surface area (Å²) in [6.07, 6.45) is 2.80. The third kappa shape index (κ3) is 2.81. The van der Waals surface area contributed by atoms with Gasteiger partial charge in [0.1, 0.15) is 11.5 Å². The van der Waals surface area contributed by atoms with Gasteiger partial charge >= 0.3 is 5.97 Å². The topological polar surface area (TPSA) is 48.4 Å². The van der Waals surface area contributed by atoms with Crippen molar-refractivity contribution in [3.8, 4) is 11.5 Å². The highest BCUT2D eigenvalue weighted by atomic mass is 16.5. The Morgan fingerprint density at radius 2 is 1.76 bits per heavy atom. The average molecular weight is 233 g/mol. The quantitative estimate of drug-likeness (QED) is 0.603. The standard InChI is InChI=1S/C13H11NO3/c1-16-11-2-4-12(5-3-11)17-13(15)10-6-8-14-9-7-10/h2-9H,1H3/i2D,3D,4D,5D. The van der Waals surface area contributed by atoms with Gasteiger partial charge in [-0.15, -0.1) is 0 Å². The molecule has 1 aromatic heterocycles. The third-order valence-corrected chi connectivity index (χ3v) is 1.89. The van der Waals surface area contributed by atoms with Crippen LogP contribution in [-0.2, 0) is 0 Å². The van der Waals surface area contributed by atoms with Gasteiger partial charge in [-0.1, -0.05) is 0 Å². The summed E-state index contributed by atoms with van der Waals surface area (Å²) in [6, 6.07) is 1.07. The minimum absolute atomic E-state index is 0.192. The number of hydrogen-bond acceptors (Lipinski definition) is 4. The molecule has 1 heterocycles. The molecule has 0 saturated carbocycles. The normalized spacial score (nSPS) is 13.0. The highest BCUT2D eigenvalue weighted by Gasteiger charge is 2.07. The Morgan fingerprint density at radius 3 is 2.35 bits per heavy atom. The Labute approximate surface area is 104 Å². The van der Waals surface area contributed by atoms with Crippen LogP contribution in [0.4, 0.5) is 0 Å². The number of nitrogens with zero attached hydrogens (tertiary/aromatic N) is 1. The summed E-state index contributed by atoms with van der Waals surface area (Å²) in [5.41, 5.74) is 0.192. The van der Waals surface area contributed by atoms with Crippen LogP contribution in [-0.4, -0.2) is 18.1 Å². The molecule has 0 fully saturated rings. The molecule has 0 aliphatic rings. The molecule has 0 aliphatic heterocycles. The maximum atomic E-state index is 11.9. The second-order valence-corrected chi connectivity index (χ2v) is 2.99. The van der Waals surface area contributed by atoms with Gasteiger partial charge in [-0.25, -0.2) is 4.79 Å². The second-order valence-electron chi connectivity index (χ2n) is 2.99. The fourth-order valence-electron chi connectivity index (χ4n) is 1.08. The van der Waals surface area contributed by atoms with Crippen molar-refractivity contribution in [2.75, 3.05) is 7.11 Å². The van der Waals surface area contributed by atoms with Crippen molar-refractivity contribution in [1.82, 2.24) is 4.98 Å². The van der Waals surface area contributed by atoms with E-state index in [0.717, 1.165) is 0 Å². The number of pyridine rings is 1. The zero-order valence-electron chi connectivity index (χ0n) is 13.0. The summed E-state index contributed by atoms with van der Waals surface area (Å²) in [5.74, 6) is -1.43. The van der Waals surface area contributed by atoms with Crippen molar-refractivity contribution in [3.05, 3.63) is 54.3 Å². The van der Waals surface area contributed by atoms with Gasteiger partial charge in [0.15, 0.2) is 0 Å². The van der Waals surface area contributed by atoms with Crippen LogP contribution in [0.3, 0.4) is 0 Å². The molecule has 4 heteroatoms. The van der Waals surface area contributed by atoms with Crippen LogP contribution >= 0.6 is 0 Å². The van der Waals surface area contributed by atoms with Crippen LogP contribution in [0.5, 0.6) is 11.5 Å². The van der Waals surface area contributed by atoms with E-state index in [9.17, 15) is 4.79 Å². The molecule has 0 spiro atoms. The largest absolute Gasteiger partial charge is 0.497 e. The van der Waals surface area contributed by atoms with E-state index in [-0.39, 0.29) is 11.3 Å². The molecule has 0 radical (unpaired) electrons. The minimum Gasteiger partial charge on any atom is -0.497 e. The van der Waals surface area contributed by atoms with Crippen LogP contribution in [0.1, 0.15) is 15.8 Å². The summed E-state index contributed by atoms with van der Waals surface area (Å²) >= 11 is 0. The molecule has 0 unspecified atom stereocenters. The molecule has 4 nitrogen and oxygen atoms in total. The number of benzene rings is 1. The maximum Gasteiger partial charge on any atom is 0.343 e. The number of carbonyl (C=O) groups excluding carboxylic acids is 1. The van der Waals surface area contributed by atoms with E-state index in [1.54, 1.807) is 0 Å². The molecule has 0 bridgehead atoms. The predicted octanol–water partition coefficient (Wildman–Crippen LogP) is 2.31. The molecule has 0 N–H and O–H groups in total. The Morgan fingerprint density at radius 1 is 1.18 bits per heavy atom. The molecule has 2 rings (SSSR count). The molecule has 0 saturated heterocycles. The van der Waals surface area contributed by atoms with E-state index >= 15 is 0 Å². The molecule has 0 aliphatic carbocycles. The molecule has 0 amide bonds. The fraction of sp³-hybridized carbons (Fsp3) is 0.0769. The zero-order chi connectivity index (χ0) is 15.6. The first kappa shape index (κ1) is 7.06. The molecule has 17 heavy (non-hydrogen) atoms. The molecule has 1 aromatic carbocycles. The Balaban J connectivity index is 2.44. The highest BCUT2D eigenvalue weighted by molar-refractivity contribution is 5.90. The van der Waals surface area contributed by atoms with E-state index in [2.05, 4.69) is 4.98 Å². The van der Waals surface area contributed by atoms with Crippen LogP contribution in [0.2, 0.25) is 0 Å². The monoisotopic (exact) mass is 233 g/mol. The summed E-state index contributed by atoms with van der Waals surface area (Å²) in [7, 11) is 1.24. The predicted molar refractivity (Wildman–Crippen MR) is 62.2 cm³/mol. The third-order valence-electron chi connectivity index (χ3n) is 1.89. The first-order valence-electron chi connectivity index (χ1n) is 6.74. The highest BCUT2D eigenvalue weighted by Crippen LogP contribution is 2.18. The van der Waals surface area contributed by atoms with Gasteiger partial charge in [0.2, 0.25) is 0 Å². The molecule has 2 aromatic rings. The number of hydrogen-bond donors (Lipinski definition) is 0. The first-order chi connectivity index (χ1) is 9.97. The van der Waals surface area contributed by atoms with Crippen LogP contribution in [0.25, 0.3) is 0 Å². The fourth-order valence-corrected chi connectivity index (χ4v) is 1.08. The number of esters is 1. The van der Waals surface area contributed by atoms with Crippen molar-refractivity contribution < 1.29 is 19.8 Å². The van der Waals surface area contributed by atoms with Gasteiger partial charge in [0.05, 0.1) is 18.2 Å². The van der Waals surface area contributed by atoms with Crippen molar-refractivity contribution in [1.29, 1.82) is 0 Å². The van der Waals surface area contributed by atoms with Gasteiger partial charge < -0.3 is 9.47 Å². The molecule has 86 valence electrons. The van der Waals surface area contributed by atoms with E-state index in [4.69, 9.17) is 15.0 Å². The lowest BCUT2D eigenvalue weighted by molar-refractivity contribution is 0.0734. The van der Waals surface area contributed by atoms with Gasteiger partial charge in [-0.2, -0.15) is 0 Å². The van der Waals surface area contributed by atoms with E-state index in [0.29, 0.717) is 0 Å². The maximum absolute atomic E-state index is 11.9. The number of ether oxygens (including phenoxy) is 2. The van der Waals surface area contributed by atoms with Crippen LogP contribution in [0, 0.1) is 0 Å². The lowest BCUT2D eigenvalue weighted by Gasteiger charge is -2.04. The number of methoxy groups -OCH3 is 1. The first-order valence-corrected chi connectivity index (χ1v) is 4.74. The average Bonchev–Trinajstić information content (AvgIpc) is 2.51. The van der Waals surface area contributed by atoms with Gasteiger partial charge in [0, 0.05) is 12.4 Å². The van der Waals surface area contributed by atoms with Crippen LogP contribution in [0.15, 0.2) is 48.7 Å². The van der Waals surface area contributed by atoms with E-state index < -0.39 is 35.9 Å². The van der Waals surface area contributed by atoms with E-state index in [1.807, 2.05) is 0 Å². The van der Waals surface area contributed by atoms with E-state index in [1.165, 1.54) is 31.6 Å².